The topological polar surface area (TPSA) is 8.17 Å². The van der Waals surface area contributed by atoms with Crippen LogP contribution in [0.1, 0.15) is 42.5 Å². The van der Waals surface area contributed by atoms with Crippen LogP contribution in [0.3, 0.4) is 0 Å². The highest BCUT2D eigenvalue weighted by molar-refractivity contribution is 6.13. The van der Waals surface area contributed by atoms with Crippen molar-refractivity contribution in [2.75, 3.05) is 4.90 Å². The Morgan fingerprint density at radius 3 is 1.83 bits per heavy atom. The molecule has 280 valence electrons. The van der Waals surface area contributed by atoms with Crippen molar-refractivity contribution < 1.29 is 0 Å². The Balaban J connectivity index is 1.07. The molecule has 2 aliphatic carbocycles. The number of hydrogen-bond acceptors (Lipinski definition) is 1. The molecular weight excluding hydrogens is 713 g/mol. The van der Waals surface area contributed by atoms with E-state index in [1.165, 1.54) is 106 Å². The monoisotopic (exact) mass is 754 g/mol. The lowest BCUT2D eigenvalue weighted by Crippen LogP contribution is -2.27. The standard InChI is InChI=1S/C57H42N2/c1-57(2)51-26-16-15-25-44(51)46-35-49-47-31-39(27-29-53(47)58(55(49)36-52(46)57)42-21-11-5-12-22-42)40-28-30-54-48(32-40)50-34-41(37-17-7-3-8-18-37)33-45(38-19-9-4-10-20-38)56(50)59(54)43-23-13-6-14-24-43/h3-29,31-36,54H,30H2,1-2H3. The summed E-state index contributed by atoms with van der Waals surface area (Å²) < 4.78 is 2.47. The Morgan fingerprint density at radius 2 is 1.08 bits per heavy atom. The van der Waals surface area contributed by atoms with Crippen LogP contribution in [0.25, 0.3) is 72.0 Å². The molecule has 0 fully saturated rings. The van der Waals surface area contributed by atoms with Crippen molar-refractivity contribution in [1.82, 2.24) is 4.57 Å². The van der Waals surface area contributed by atoms with Gasteiger partial charge in [0, 0.05) is 38.7 Å². The van der Waals surface area contributed by atoms with Gasteiger partial charge in [0.15, 0.2) is 0 Å². The molecule has 0 saturated carbocycles. The number of rotatable bonds is 5. The summed E-state index contributed by atoms with van der Waals surface area (Å²) in [6, 6.07) is 69.7. The van der Waals surface area contributed by atoms with E-state index in [0.717, 1.165) is 6.42 Å². The van der Waals surface area contributed by atoms with Gasteiger partial charge in [0.05, 0.1) is 22.8 Å². The summed E-state index contributed by atoms with van der Waals surface area (Å²) in [7, 11) is 0. The molecule has 1 unspecified atom stereocenters. The molecule has 2 nitrogen and oxygen atoms in total. The Hall–Kier alpha value is -7.16. The molecule has 0 amide bonds. The minimum atomic E-state index is -0.0785. The van der Waals surface area contributed by atoms with Gasteiger partial charge < -0.3 is 9.47 Å². The first-order valence-corrected chi connectivity index (χ1v) is 20.9. The Bertz CT molecular complexity index is 3190. The van der Waals surface area contributed by atoms with Gasteiger partial charge in [0.2, 0.25) is 0 Å². The smallest absolute Gasteiger partial charge is 0.0633 e. The number of anilines is 2. The lowest BCUT2D eigenvalue weighted by Gasteiger charge is -2.30. The molecule has 1 atom stereocenters. The Labute approximate surface area is 345 Å². The van der Waals surface area contributed by atoms with Gasteiger partial charge in [0.1, 0.15) is 0 Å². The fourth-order valence-electron chi connectivity index (χ4n) is 10.4. The zero-order chi connectivity index (χ0) is 39.2. The molecule has 1 aliphatic heterocycles. The first kappa shape index (κ1) is 33.9. The summed E-state index contributed by atoms with van der Waals surface area (Å²) >= 11 is 0. The van der Waals surface area contributed by atoms with Crippen LogP contribution in [-0.4, -0.2) is 10.6 Å². The van der Waals surface area contributed by atoms with E-state index >= 15 is 0 Å². The normalized spacial score (nSPS) is 16.0. The molecule has 0 spiro atoms. The molecule has 0 N–H and O–H groups in total. The van der Waals surface area contributed by atoms with Crippen LogP contribution >= 0.6 is 0 Å². The van der Waals surface area contributed by atoms with E-state index in [4.69, 9.17) is 0 Å². The Morgan fingerprint density at radius 1 is 0.458 bits per heavy atom. The largest absolute Gasteiger partial charge is 0.333 e. The van der Waals surface area contributed by atoms with Crippen molar-refractivity contribution in [1.29, 1.82) is 0 Å². The zero-order valence-corrected chi connectivity index (χ0v) is 33.2. The van der Waals surface area contributed by atoms with E-state index in [0.29, 0.717) is 0 Å². The molecule has 0 bridgehead atoms. The first-order valence-electron chi connectivity index (χ1n) is 20.9. The van der Waals surface area contributed by atoms with E-state index in [9.17, 15) is 0 Å². The van der Waals surface area contributed by atoms with Gasteiger partial charge in [-0.3, -0.25) is 0 Å². The number of para-hydroxylation sites is 2. The SMILES string of the molecule is CC1(C)c2ccccc2-c2cc3c4cc(C5=CCC6C(=C5)c5cc(-c7ccccc7)cc(-c7ccccc7)c5N6c5ccccc5)ccc4n(-c4ccccc4)c3cc21. The van der Waals surface area contributed by atoms with Crippen molar-refractivity contribution >= 4 is 44.3 Å². The lowest BCUT2D eigenvalue weighted by atomic mass is 9.82. The highest BCUT2D eigenvalue weighted by Crippen LogP contribution is 2.55. The number of aromatic nitrogens is 1. The highest BCUT2D eigenvalue weighted by Gasteiger charge is 2.39. The molecule has 2 heterocycles. The fourth-order valence-corrected chi connectivity index (χ4v) is 10.4. The van der Waals surface area contributed by atoms with Gasteiger partial charge in [-0.15, -0.1) is 0 Å². The molecule has 59 heavy (non-hydrogen) atoms. The van der Waals surface area contributed by atoms with Crippen molar-refractivity contribution in [3.8, 4) is 39.1 Å². The summed E-state index contributed by atoms with van der Waals surface area (Å²) in [6.45, 7) is 4.75. The van der Waals surface area contributed by atoms with Gasteiger partial charge in [-0.2, -0.15) is 0 Å². The molecule has 1 aromatic heterocycles. The maximum absolute atomic E-state index is 2.60. The minimum absolute atomic E-state index is 0.0785. The van der Waals surface area contributed by atoms with E-state index in [-0.39, 0.29) is 11.5 Å². The molecule has 9 aromatic rings. The second-order valence-electron chi connectivity index (χ2n) is 16.9. The van der Waals surface area contributed by atoms with Crippen molar-refractivity contribution in [3.05, 3.63) is 222 Å². The third-order valence-corrected chi connectivity index (χ3v) is 13.2. The van der Waals surface area contributed by atoms with Gasteiger partial charge in [-0.05, 0) is 129 Å². The molecule has 3 aliphatic rings. The van der Waals surface area contributed by atoms with Crippen LogP contribution in [0.4, 0.5) is 11.4 Å². The number of hydrogen-bond donors (Lipinski definition) is 0. The summed E-state index contributed by atoms with van der Waals surface area (Å²) in [6.07, 6.45) is 5.88. The second-order valence-corrected chi connectivity index (χ2v) is 16.9. The predicted molar refractivity (Wildman–Crippen MR) is 249 cm³/mol. The summed E-state index contributed by atoms with van der Waals surface area (Å²) in [5.41, 5.74) is 21.8. The average molecular weight is 755 g/mol. The molecule has 0 saturated heterocycles. The summed E-state index contributed by atoms with van der Waals surface area (Å²) in [5.74, 6) is 0. The first-order chi connectivity index (χ1) is 29.0. The van der Waals surface area contributed by atoms with Gasteiger partial charge in [-0.25, -0.2) is 0 Å². The quantitative estimate of drug-likeness (QED) is 0.170. The Kier molecular flexibility index (Phi) is 7.43. The summed E-state index contributed by atoms with van der Waals surface area (Å²) in [5, 5.41) is 2.57. The molecule has 0 radical (unpaired) electrons. The molecule has 2 heteroatoms. The van der Waals surface area contributed by atoms with Gasteiger partial charge >= 0.3 is 0 Å². The van der Waals surface area contributed by atoms with E-state index < -0.39 is 0 Å². The molecule has 12 rings (SSSR count). The minimum Gasteiger partial charge on any atom is -0.333 e. The maximum Gasteiger partial charge on any atom is 0.0633 e. The van der Waals surface area contributed by atoms with E-state index in [1.807, 2.05) is 0 Å². The van der Waals surface area contributed by atoms with Crippen LogP contribution in [0.15, 0.2) is 200 Å². The number of fused-ring (bicyclic) bond motifs is 9. The third-order valence-electron chi connectivity index (χ3n) is 13.2. The number of benzene rings is 8. The van der Waals surface area contributed by atoms with Crippen LogP contribution < -0.4 is 4.90 Å². The van der Waals surface area contributed by atoms with Crippen LogP contribution in [0, 0.1) is 0 Å². The number of allylic oxidation sites excluding steroid dienone is 2. The molecule has 8 aromatic carbocycles. The van der Waals surface area contributed by atoms with E-state index in [1.54, 1.807) is 0 Å². The van der Waals surface area contributed by atoms with Crippen molar-refractivity contribution in [2.45, 2.75) is 31.7 Å². The zero-order valence-electron chi connectivity index (χ0n) is 33.2. The highest BCUT2D eigenvalue weighted by atomic mass is 15.2. The van der Waals surface area contributed by atoms with E-state index in [2.05, 4.69) is 224 Å². The third kappa shape index (κ3) is 5.12. The summed E-state index contributed by atoms with van der Waals surface area (Å²) in [4.78, 5) is 2.60. The lowest BCUT2D eigenvalue weighted by molar-refractivity contribution is 0.661. The van der Waals surface area contributed by atoms with Crippen molar-refractivity contribution in [3.63, 3.8) is 0 Å². The maximum atomic E-state index is 2.60. The van der Waals surface area contributed by atoms with Gasteiger partial charge in [0.25, 0.3) is 0 Å². The molecular formula is C57H42N2. The second kappa shape index (κ2) is 12.9. The van der Waals surface area contributed by atoms with Crippen molar-refractivity contribution in [2.24, 2.45) is 0 Å². The van der Waals surface area contributed by atoms with Gasteiger partial charge in [-0.1, -0.05) is 147 Å². The predicted octanol–water partition coefficient (Wildman–Crippen LogP) is 14.8. The average Bonchev–Trinajstić information content (AvgIpc) is 3.88. The number of nitrogens with zero attached hydrogens (tertiary/aromatic N) is 2. The van der Waals surface area contributed by atoms with Crippen LogP contribution in [-0.2, 0) is 5.41 Å². The van der Waals surface area contributed by atoms with Crippen LogP contribution in [0.5, 0.6) is 0 Å². The van der Waals surface area contributed by atoms with Crippen LogP contribution in [0.2, 0.25) is 0 Å². The fraction of sp³-hybridized carbons (Fsp3) is 0.0877.